The van der Waals surface area contributed by atoms with Crippen LogP contribution >= 0.6 is 0 Å². The molecule has 1 aromatic rings. The van der Waals surface area contributed by atoms with E-state index >= 15 is 0 Å². The molecule has 0 saturated carbocycles. The van der Waals surface area contributed by atoms with Crippen LogP contribution in [0.1, 0.15) is 24.8 Å². The first kappa shape index (κ1) is 16.9. The molecule has 0 bridgehead atoms. The molecule has 7 heteroatoms. The monoisotopic (exact) mass is 328 g/mol. The summed E-state index contributed by atoms with van der Waals surface area (Å²) in [6.45, 7) is 0.876. The number of carbonyl (C=O) groups excluding carboxylic acids is 1. The molecule has 1 amide bonds. The van der Waals surface area contributed by atoms with Gasteiger partial charge in [0.1, 0.15) is 5.82 Å². The fourth-order valence-corrected chi connectivity index (χ4v) is 3.46. The molecule has 0 atom stereocenters. The smallest absolute Gasteiger partial charge is 0.220 e. The summed E-state index contributed by atoms with van der Waals surface area (Å²) in [5.74, 6) is -0.381. The minimum Gasteiger partial charge on any atom is -0.353 e. The lowest BCUT2D eigenvalue weighted by molar-refractivity contribution is -0.122. The second-order valence-corrected chi connectivity index (χ2v) is 7.62. The molecule has 0 spiro atoms. The molecule has 122 valence electrons. The van der Waals surface area contributed by atoms with Gasteiger partial charge in [0.15, 0.2) is 0 Å². The first-order valence-corrected chi connectivity index (χ1v) is 9.18. The number of hydrogen-bond donors (Lipinski definition) is 1. The van der Waals surface area contributed by atoms with E-state index in [1.54, 1.807) is 12.1 Å². The molecule has 0 aliphatic carbocycles. The van der Waals surface area contributed by atoms with Gasteiger partial charge in [-0.1, -0.05) is 12.1 Å². The number of amides is 1. The Kier molecular flexibility index (Phi) is 5.52. The Hall–Kier alpha value is -1.47. The van der Waals surface area contributed by atoms with E-state index in [-0.39, 0.29) is 17.8 Å². The summed E-state index contributed by atoms with van der Waals surface area (Å²) < 4.78 is 37.3. The summed E-state index contributed by atoms with van der Waals surface area (Å²) in [6, 6.07) is 6.24. The molecule has 0 aromatic heterocycles. The van der Waals surface area contributed by atoms with Crippen molar-refractivity contribution in [2.75, 3.05) is 19.3 Å². The average molecular weight is 328 g/mol. The molecule has 0 unspecified atom stereocenters. The Bertz CT molecular complexity index is 625. The number of benzene rings is 1. The Morgan fingerprint density at radius 3 is 2.64 bits per heavy atom. The third-order valence-electron chi connectivity index (χ3n) is 3.82. The van der Waals surface area contributed by atoms with Crippen LogP contribution in [-0.4, -0.2) is 44.0 Å². The van der Waals surface area contributed by atoms with Crippen LogP contribution in [-0.2, 0) is 21.2 Å². The lowest BCUT2D eigenvalue weighted by Crippen LogP contribution is -2.46. The van der Waals surface area contributed by atoms with E-state index in [1.807, 2.05) is 0 Å². The van der Waals surface area contributed by atoms with Crippen molar-refractivity contribution in [2.24, 2.45) is 0 Å². The first-order chi connectivity index (χ1) is 10.3. The third-order valence-corrected chi connectivity index (χ3v) is 5.12. The van der Waals surface area contributed by atoms with Gasteiger partial charge in [0.05, 0.1) is 6.26 Å². The van der Waals surface area contributed by atoms with Crippen molar-refractivity contribution in [1.82, 2.24) is 9.62 Å². The van der Waals surface area contributed by atoms with E-state index in [9.17, 15) is 17.6 Å². The molecule has 22 heavy (non-hydrogen) atoms. The van der Waals surface area contributed by atoms with Gasteiger partial charge in [-0.15, -0.1) is 0 Å². The maximum absolute atomic E-state index is 13.0. The van der Waals surface area contributed by atoms with Crippen molar-refractivity contribution < 1.29 is 17.6 Å². The van der Waals surface area contributed by atoms with Crippen molar-refractivity contribution in [3.8, 4) is 0 Å². The highest BCUT2D eigenvalue weighted by Gasteiger charge is 2.25. The highest BCUT2D eigenvalue weighted by molar-refractivity contribution is 7.88. The summed E-state index contributed by atoms with van der Waals surface area (Å²) in [5.41, 5.74) is 0.794. The maximum Gasteiger partial charge on any atom is 0.220 e. The van der Waals surface area contributed by atoms with E-state index in [4.69, 9.17) is 0 Å². The molecule has 1 saturated heterocycles. The van der Waals surface area contributed by atoms with Crippen LogP contribution in [0, 0.1) is 5.82 Å². The molecule has 1 heterocycles. The van der Waals surface area contributed by atoms with Gasteiger partial charge < -0.3 is 5.32 Å². The molecular formula is C15H21FN2O3S. The second-order valence-electron chi connectivity index (χ2n) is 5.63. The number of halogens is 1. The van der Waals surface area contributed by atoms with Crippen molar-refractivity contribution >= 4 is 15.9 Å². The minimum absolute atomic E-state index is 0.0120. The number of carbonyl (C=O) groups is 1. The van der Waals surface area contributed by atoms with E-state index in [2.05, 4.69) is 5.32 Å². The summed E-state index contributed by atoms with van der Waals surface area (Å²) in [7, 11) is -3.14. The largest absolute Gasteiger partial charge is 0.353 e. The van der Waals surface area contributed by atoms with Gasteiger partial charge in [0.2, 0.25) is 15.9 Å². The van der Waals surface area contributed by atoms with Crippen molar-refractivity contribution in [3.05, 3.63) is 35.6 Å². The number of aryl methyl sites for hydroxylation is 1. The van der Waals surface area contributed by atoms with Gasteiger partial charge in [-0.3, -0.25) is 4.79 Å². The zero-order valence-electron chi connectivity index (χ0n) is 12.6. The number of nitrogens with one attached hydrogen (secondary N) is 1. The van der Waals surface area contributed by atoms with E-state index in [0.29, 0.717) is 38.8 Å². The molecule has 1 aromatic carbocycles. The number of hydrogen-bond acceptors (Lipinski definition) is 3. The Balaban J connectivity index is 1.74. The SMILES string of the molecule is CS(=O)(=O)N1CCC(NC(=O)CCc2cccc(F)c2)CC1. The van der Waals surface area contributed by atoms with E-state index in [0.717, 1.165) is 5.56 Å². The lowest BCUT2D eigenvalue weighted by atomic mass is 10.1. The van der Waals surface area contributed by atoms with Gasteiger partial charge >= 0.3 is 0 Å². The fourth-order valence-electron chi connectivity index (χ4n) is 2.58. The number of rotatable bonds is 5. The highest BCUT2D eigenvalue weighted by atomic mass is 32.2. The van der Waals surface area contributed by atoms with Gasteiger partial charge in [0, 0.05) is 25.6 Å². The molecule has 2 rings (SSSR count). The van der Waals surface area contributed by atoms with Crippen LogP contribution < -0.4 is 5.32 Å². The predicted octanol–water partition coefficient (Wildman–Crippen LogP) is 1.30. The molecule has 5 nitrogen and oxygen atoms in total. The predicted molar refractivity (Wildman–Crippen MR) is 82.3 cm³/mol. The minimum atomic E-state index is -3.14. The number of piperidine rings is 1. The van der Waals surface area contributed by atoms with Gasteiger partial charge in [-0.05, 0) is 37.0 Å². The number of sulfonamides is 1. The van der Waals surface area contributed by atoms with Crippen LogP contribution in [0.3, 0.4) is 0 Å². The van der Waals surface area contributed by atoms with Crippen LogP contribution in [0.5, 0.6) is 0 Å². The average Bonchev–Trinajstić information content (AvgIpc) is 2.45. The highest BCUT2D eigenvalue weighted by Crippen LogP contribution is 2.13. The normalized spacial score (nSPS) is 17.4. The summed E-state index contributed by atoms with van der Waals surface area (Å²) in [6.07, 6.45) is 3.24. The standard InChI is InChI=1S/C15H21FN2O3S/c1-22(20,21)18-9-7-14(8-10-18)17-15(19)6-5-12-3-2-4-13(16)11-12/h2-4,11,14H,5-10H2,1H3,(H,17,19). The summed E-state index contributed by atoms with van der Waals surface area (Å²) in [5, 5.41) is 2.92. The van der Waals surface area contributed by atoms with Crippen LogP contribution in [0.4, 0.5) is 4.39 Å². The zero-order valence-corrected chi connectivity index (χ0v) is 13.4. The van der Waals surface area contributed by atoms with Gasteiger partial charge in [-0.25, -0.2) is 17.1 Å². The van der Waals surface area contributed by atoms with Crippen molar-refractivity contribution in [1.29, 1.82) is 0 Å². The first-order valence-electron chi connectivity index (χ1n) is 7.33. The quantitative estimate of drug-likeness (QED) is 0.886. The fraction of sp³-hybridized carbons (Fsp3) is 0.533. The molecule has 1 aliphatic rings. The summed E-state index contributed by atoms with van der Waals surface area (Å²) in [4.78, 5) is 11.9. The molecule has 1 aliphatic heterocycles. The molecule has 1 fully saturated rings. The molecule has 1 N–H and O–H groups in total. The molecular weight excluding hydrogens is 307 g/mol. The molecule has 0 radical (unpaired) electrons. The van der Waals surface area contributed by atoms with Gasteiger partial charge in [0.25, 0.3) is 0 Å². The van der Waals surface area contributed by atoms with Crippen LogP contribution in [0.15, 0.2) is 24.3 Å². The Morgan fingerprint density at radius 1 is 1.36 bits per heavy atom. The van der Waals surface area contributed by atoms with Crippen LogP contribution in [0.2, 0.25) is 0 Å². The Morgan fingerprint density at radius 2 is 2.05 bits per heavy atom. The van der Waals surface area contributed by atoms with Gasteiger partial charge in [-0.2, -0.15) is 0 Å². The second kappa shape index (κ2) is 7.19. The maximum atomic E-state index is 13.0. The third kappa shape index (κ3) is 5.06. The Labute approximate surface area is 130 Å². The van der Waals surface area contributed by atoms with Crippen molar-refractivity contribution in [3.63, 3.8) is 0 Å². The topological polar surface area (TPSA) is 66.5 Å². The van der Waals surface area contributed by atoms with E-state index in [1.165, 1.54) is 22.7 Å². The number of nitrogens with zero attached hydrogens (tertiary/aromatic N) is 1. The van der Waals surface area contributed by atoms with Crippen molar-refractivity contribution in [2.45, 2.75) is 31.7 Å². The zero-order chi connectivity index (χ0) is 16.2. The lowest BCUT2D eigenvalue weighted by Gasteiger charge is -2.30. The van der Waals surface area contributed by atoms with E-state index < -0.39 is 10.0 Å². The summed E-state index contributed by atoms with van der Waals surface area (Å²) >= 11 is 0. The van der Waals surface area contributed by atoms with Crippen LogP contribution in [0.25, 0.3) is 0 Å².